The van der Waals surface area contributed by atoms with Gasteiger partial charge in [-0.05, 0) is 54.7 Å². The molecule has 0 unspecified atom stereocenters. The molecule has 0 heterocycles. The Hall–Kier alpha value is -1.37. The van der Waals surface area contributed by atoms with Gasteiger partial charge in [-0.15, -0.1) is 0 Å². The van der Waals surface area contributed by atoms with E-state index in [0.29, 0.717) is 12.0 Å². The van der Waals surface area contributed by atoms with Gasteiger partial charge < -0.3 is 15.3 Å². The van der Waals surface area contributed by atoms with Crippen molar-refractivity contribution in [1.29, 1.82) is 0 Å². The van der Waals surface area contributed by atoms with Crippen molar-refractivity contribution in [2.75, 3.05) is 6.61 Å². The molecule has 0 spiro atoms. The number of allylic oxidation sites excluding steroid dienone is 4. The second kappa shape index (κ2) is 6.07. The van der Waals surface area contributed by atoms with Gasteiger partial charge in [0.1, 0.15) is 18.4 Å². The molecule has 0 aromatic rings. The first-order valence-electron chi connectivity index (χ1n) is 10.1. The second-order valence-electron chi connectivity index (χ2n) is 9.79. The van der Waals surface area contributed by atoms with Gasteiger partial charge in [0.05, 0.1) is 6.10 Å². The van der Waals surface area contributed by atoms with E-state index in [9.17, 15) is 24.9 Å². The Kier molecular flexibility index (Phi) is 4.32. The van der Waals surface area contributed by atoms with Gasteiger partial charge in [0.25, 0.3) is 0 Å². The molecule has 0 aromatic heterocycles. The molecule has 9 atom stereocenters. The maximum absolute atomic E-state index is 15.2. The summed E-state index contributed by atoms with van der Waals surface area (Å²) in [5, 5.41) is 32.1. The number of carbonyl (C=O) groups excluding carboxylic acids is 2. The standard InChI is InChI=1S/C22H29FO5/c1-11-6-14-13-8-16(23)15-7-12(25)4-5-20(15,2)19(13)17(26)9-21(14,3)22(11,28)18(27)10-24/h4-5,7,11,13-14,16-17,19,24,26,28H,6,8-10H2,1-3H3/t11-,13-,14-,16-,17-,19-,20-,21-,22-/m0/s1. The van der Waals surface area contributed by atoms with E-state index in [1.54, 1.807) is 19.9 Å². The van der Waals surface area contributed by atoms with E-state index in [1.807, 2.05) is 6.92 Å². The van der Waals surface area contributed by atoms with Crippen LogP contribution >= 0.6 is 0 Å². The number of carbonyl (C=O) groups is 2. The highest BCUT2D eigenvalue weighted by Crippen LogP contribution is 2.68. The van der Waals surface area contributed by atoms with Crippen LogP contribution in [0.15, 0.2) is 23.8 Å². The first-order chi connectivity index (χ1) is 13.0. The third-order valence-electron chi connectivity index (χ3n) is 8.63. The maximum Gasteiger partial charge on any atom is 0.190 e. The van der Waals surface area contributed by atoms with Crippen LogP contribution in [0.2, 0.25) is 0 Å². The summed E-state index contributed by atoms with van der Waals surface area (Å²) in [6.07, 6.45) is 3.29. The van der Waals surface area contributed by atoms with Gasteiger partial charge in [0, 0.05) is 16.7 Å². The van der Waals surface area contributed by atoms with Gasteiger partial charge >= 0.3 is 0 Å². The summed E-state index contributed by atoms with van der Waals surface area (Å²) >= 11 is 0. The summed E-state index contributed by atoms with van der Waals surface area (Å²) in [6, 6.07) is 0. The Morgan fingerprint density at radius 2 is 2.00 bits per heavy atom. The Morgan fingerprint density at radius 3 is 2.64 bits per heavy atom. The van der Waals surface area contributed by atoms with Crippen molar-refractivity contribution in [2.24, 2.45) is 34.5 Å². The maximum atomic E-state index is 15.2. The summed E-state index contributed by atoms with van der Waals surface area (Å²) in [5.41, 5.74) is -3.00. The molecule has 0 radical (unpaired) electrons. The lowest BCUT2D eigenvalue weighted by Gasteiger charge is -2.60. The molecule has 0 saturated heterocycles. The molecule has 28 heavy (non-hydrogen) atoms. The highest BCUT2D eigenvalue weighted by atomic mass is 19.1. The normalized spacial score (nSPS) is 52.5. The van der Waals surface area contributed by atoms with Crippen molar-refractivity contribution in [3.05, 3.63) is 23.8 Å². The smallest absolute Gasteiger partial charge is 0.190 e. The van der Waals surface area contributed by atoms with Gasteiger partial charge in [-0.25, -0.2) is 4.39 Å². The van der Waals surface area contributed by atoms with Gasteiger partial charge in [-0.3, -0.25) is 9.59 Å². The molecule has 6 heteroatoms. The fourth-order valence-electron chi connectivity index (χ4n) is 7.38. The molecule has 4 rings (SSSR count). The molecule has 3 fully saturated rings. The van der Waals surface area contributed by atoms with Crippen LogP contribution in [0.3, 0.4) is 0 Å². The fourth-order valence-corrected chi connectivity index (χ4v) is 7.38. The number of hydrogen-bond donors (Lipinski definition) is 3. The fraction of sp³-hybridized carbons (Fsp3) is 0.727. The molecular formula is C22H29FO5. The van der Waals surface area contributed by atoms with Crippen LogP contribution in [0.25, 0.3) is 0 Å². The molecular weight excluding hydrogens is 363 g/mol. The average molecular weight is 392 g/mol. The molecule has 4 aliphatic carbocycles. The van der Waals surface area contributed by atoms with Crippen LogP contribution in [0.1, 0.15) is 40.0 Å². The zero-order valence-corrected chi connectivity index (χ0v) is 16.6. The Morgan fingerprint density at radius 1 is 1.32 bits per heavy atom. The summed E-state index contributed by atoms with van der Waals surface area (Å²) < 4.78 is 15.2. The monoisotopic (exact) mass is 392 g/mol. The van der Waals surface area contributed by atoms with E-state index >= 15 is 4.39 Å². The zero-order valence-electron chi connectivity index (χ0n) is 16.6. The molecule has 0 aromatic carbocycles. The van der Waals surface area contributed by atoms with E-state index in [-0.39, 0.29) is 42.3 Å². The Labute approximate surface area is 164 Å². The minimum absolute atomic E-state index is 0.154. The number of aliphatic hydroxyl groups is 3. The molecule has 0 aliphatic heterocycles. The highest BCUT2D eigenvalue weighted by molar-refractivity contribution is 6.01. The van der Waals surface area contributed by atoms with E-state index in [4.69, 9.17) is 0 Å². The van der Waals surface area contributed by atoms with Crippen LogP contribution < -0.4 is 0 Å². The van der Waals surface area contributed by atoms with Crippen molar-refractivity contribution in [2.45, 2.75) is 57.9 Å². The lowest BCUT2D eigenvalue weighted by atomic mass is 9.46. The molecule has 5 nitrogen and oxygen atoms in total. The topological polar surface area (TPSA) is 94.8 Å². The summed E-state index contributed by atoms with van der Waals surface area (Å²) in [4.78, 5) is 24.4. The van der Waals surface area contributed by atoms with Gasteiger partial charge in [-0.2, -0.15) is 0 Å². The minimum atomic E-state index is -1.74. The van der Waals surface area contributed by atoms with E-state index < -0.39 is 41.1 Å². The number of rotatable bonds is 2. The number of alkyl halides is 1. The highest BCUT2D eigenvalue weighted by Gasteiger charge is 2.71. The number of halogens is 1. The van der Waals surface area contributed by atoms with Gasteiger partial charge in [0.15, 0.2) is 11.6 Å². The third-order valence-corrected chi connectivity index (χ3v) is 8.63. The number of aliphatic hydroxyl groups excluding tert-OH is 2. The number of hydrogen-bond acceptors (Lipinski definition) is 5. The number of fused-ring (bicyclic) bond motifs is 5. The van der Waals surface area contributed by atoms with Crippen LogP contribution in [0, 0.1) is 34.5 Å². The average Bonchev–Trinajstić information content (AvgIpc) is 2.83. The van der Waals surface area contributed by atoms with Crippen LogP contribution in [-0.2, 0) is 9.59 Å². The SMILES string of the molecule is C[C@H]1C[C@H]2[C@@H]3C[C@H](F)C4=CC(=O)C=C[C@]4(C)[C@@H]3[C@@H](O)C[C@]2(C)[C@@]1(O)C(=O)CO. The third kappa shape index (κ3) is 2.22. The number of ketones is 2. The summed E-state index contributed by atoms with van der Waals surface area (Å²) in [6.45, 7) is 4.71. The Bertz CT molecular complexity index is 790. The lowest BCUT2D eigenvalue weighted by molar-refractivity contribution is -0.185. The molecule has 0 bridgehead atoms. The van der Waals surface area contributed by atoms with Crippen molar-refractivity contribution >= 4 is 11.6 Å². The molecule has 0 amide bonds. The van der Waals surface area contributed by atoms with Crippen LogP contribution in [0.5, 0.6) is 0 Å². The van der Waals surface area contributed by atoms with Crippen molar-refractivity contribution in [3.8, 4) is 0 Å². The first kappa shape index (κ1) is 19.9. The van der Waals surface area contributed by atoms with E-state index in [1.165, 1.54) is 12.2 Å². The largest absolute Gasteiger partial charge is 0.393 e. The van der Waals surface area contributed by atoms with E-state index in [0.717, 1.165) is 0 Å². The van der Waals surface area contributed by atoms with E-state index in [2.05, 4.69) is 0 Å². The molecule has 3 N–H and O–H groups in total. The van der Waals surface area contributed by atoms with Crippen molar-refractivity contribution in [1.82, 2.24) is 0 Å². The van der Waals surface area contributed by atoms with Crippen molar-refractivity contribution in [3.63, 3.8) is 0 Å². The van der Waals surface area contributed by atoms with Gasteiger partial charge in [-0.1, -0.05) is 26.8 Å². The minimum Gasteiger partial charge on any atom is -0.393 e. The van der Waals surface area contributed by atoms with Gasteiger partial charge in [0.2, 0.25) is 0 Å². The summed E-state index contributed by atoms with van der Waals surface area (Å²) in [5.74, 6) is -1.92. The molecule has 154 valence electrons. The molecule has 4 aliphatic rings. The predicted octanol–water partition coefficient (Wildman–Crippen LogP) is 1.75. The second-order valence-corrected chi connectivity index (χ2v) is 9.79. The lowest BCUT2D eigenvalue weighted by Crippen LogP contribution is -2.63. The summed E-state index contributed by atoms with van der Waals surface area (Å²) in [7, 11) is 0. The molecule has 3 saturated carbocycles. The predicted molar refractivity (Wildman–Crippen MR) is 99.9 cm³/mol. The zero-order chi connectivity index (χ0) is 20.6. The number of Topliss-reactive ketones (excluding diaryl/α,β-unsaturated/α-hetero) is 1. The van der Waals surface area contributed by atoms with Crippen LogP contribution in [0.4, 0.5) is 4.39 Å². The Balaban J connectivity index is 1.81. The van der Waals surface area contributed by atoms with Crippen molar-refractivity contribution < 1.29 is 29.3 Å². The quantitative estimate of drug-likeness (QED) is 0.666. The first-order valence-corrected chi connectivity index (χ1v) is 10.1. The van der Waals surface area contributed by atoms with Crippen LogP contribution in [-0.4, -0.2) is 51.4 Å².